The van der Waals surface area contributed by atoms with Crippen LogP contribution in [-0.2, 0) is 4.79 Å². The predicted molar refractivity (Wildman–Crippen MR) is 92.1 cm³/mol. The summed E-state index contributed by atoms with van der Waals surface area (Å²) in [6.45, 7) is 12.7. The summed E-state index contributed by atoms with van der Waals surface area (Å²) in [5, 5.41) is 9.23. The Hall–Kier alpha value is -1.30. The third kappa shape index (κ3) is 8.22. The average molecular weight is 311 g/mol. The second-order valence-corrected chi connectivity index (χ2v) is 7.20. The van der Waals surface area contributed by atoms with E-state index in [9.17, 15) is 4.79 Å². The lowest BCUT2D eigenvalue weighted by molar-refractivity contribution is -0.121. The summed E-state index contributed by atoms with van der Waals surface area (Å²) in [4.78, 5) is 18.4. The Labute approximate surface area is 135 Å². The van der Waals surface area contributed by atoms with Crippen LogP contribution in [0.4, 0.5) is 0 Å². The fourth-order valence-electron chi connectivity index (χ4n) is 2.67. The van der Waals surface area contributed by atoms with E-state index in [0.717, 1.165) is 19.0 Å². The molecule has 1 aliphatic rings. The summed E-state index contributed by atoms with van der Waals surface area (Å²) >= 11 is 0. The maximum atomic E-state index is 11.8. The molecule has 1 saturated heterocycles. The Morgan fingerprint density at radius 1 is 1.32 bits per heavy atom. The Morgan fingerprint density at radius 2 is 2.05 bits per heavy atom. The molecule has 0 aromatic rings. The molecule has 22 heavy (non-hydrogen) atoms. The quantitative estimate of drug-likeness (QED) is 0.519. The first-order valence-corrected chi connectivity index (χ1v) is 8.28. The van der Waals surface area contributed by atoms with Crippen molar-refractivity contribution in [1.29, 1.82) is 0 Å². The largest absolute Gasteiger partial charge is 0.355 e. The van der Waals surface area contributed by atoms with Gasteiger partial charge in [-0.3, -0.25) is 9.79 Å². The van der Waals surface area contributed by atoms with Gasteiger partial charge in [-0.05, 0) is 46.1 Å². The number of hydrogen-bond acceptors (Lipinski definition) is 3. The predicted octanol–water partition coefficient (Wildman–Crippen LogP) is 0.798. The molecule has 1 fully saturated rings. The summed E-state index contributed by atoms with van der Waals surface area (Å²) in [7, 11) is 1.72. The molecule has 0 aliphatic carbocycles. The second kappa shape index (κ2) is 8.98. The van der Waals surface area contributed by atoms with E-state index in [1.54, 1.807) is 7.05 Å². The lowest BCUT2D eigenvalue weighted by Gasteiger charge is -2.30. The number of carbonyl (C=O) groups is 1. The van der Waals surface area contributed by atoms with E-state index in [0.29, 0.717) is 5.96 Å². The summed E-state index contributed by atoms with van der Waals surface area (Å²) in [6, 6.07) is 0. The number of hydrogen-bond donors (Lipinski definition) is 3. The smallest absolute Gasteiger partial charge is 0.239 e. The Bertz CT molecular complexity index is 375. The van der Waals surface area contributed by atoms with Gasteiger partial charge in [0.25, 0.3) is 0 Å². The highest BCUT2D eigenvalue weighted by atomic mass is 16.2. The van der Waals surface area contributed by atoms with Gasteiger partial charge in [0.15, 0.2) is 5.96 Å². The van der Waals surface area contributed by atoms with Crippen molar-refractivity contribution in [3.05, 3.63) is 0 Å². The van der Waals surface area contributed by atoms with Crippen molar-refractivity contribution in [3.8, 4) is 0 Å². The number of piperidine rings is 1. The number of guanidine groups is 1. The van der Waals surface area contributed by atoms with Crippen molar-refractivity contribution in [3.63, 3.8) is 0 Å². The van der Waals surface area contributed by atoms with Crippen molar-refractivity contribution in [2.75, 3.05) is 39.8 Å². The van der Waals surface area contributed by atoms with Gasteiger partial charge in [0.1, 0.15) is 0 Å². The Balaban J connectivity index is 2.21. The van der Waals surface area contributed by atoms with Crippen molar-refractivity contribution >= 4 is 11.9 Å². The van der Waals surface area contributed by atoms with Crippen LogP contribution in [0.15, 0.2) is 4.99 Å². The molecule has 6 heteroatoms. The highest BCUT2D eigenvalue weighted by Gasteiger charge is 2.16. The van der Waals surface area contributed by atoms with Crippen LogP contribution < -0.4 is 16.0 Å². The molecule has 0 aromatic heterocycles. The summed E-state index contributed by atoms with van der Waals surface area (Å²) in [5.74, 6) is 1.45. The van der Waals surface area contributed by atoms with Crippen molar-refractivity contribution < 1.29 is 4.79 Å². The van der Waals surface area contributed by atoms with E-state index in [1.807, 2.05) is 20.8 Å². The van der Waals surface area contributed by atoms with Gasteiger partial charge in [-0.25, -0.2) is 0 Å². The molecule has 0 bridgehead atoms. The lowest BCUT2D eigenvalue weighted by atomic mass is 10.0. The fraction of sp³-hybridized carbons (Fsp3) is 0.875. The van der Waals surface area contributed by atoms with Crippen LogP contribution >= 0.6 is 0 Å². The number of nitrogens with zero attached hydrogens (tertiary/aromatic N) is 2. The molecule has 1 amide bonds. The summed E-state index contributed by atoms with van der Waals surface area (Å²) in [5.41, 5.74) is -0.208. The third-order valence-electron chi connectivity index (χ3n) is 3.62. The maximum Gasteiger partial charge on any atom is 0.239 e. The topological polar surface area (TPSA) is 68.8 Å². The third-order valence-corrected chi connectivity index (χ3v) is 3.62. The molecule has 0 saturated carbocycles. The minimum Gasteiger partial charge on any atom is -0.355 e. The molecule has 1 heterocycles. The fourth-order valence-corrected chi connectivity index (χ4v) is 2.67. The monoisotopic (exact) mass is 311 g/mol. The first-order valence-electron chi connectivity index (χ1n) is 8.28. The number of likely N-dealkylation sites (tertiary alicyclic amines) is 1. The Morgan fingerprint density at radius 3 is 2.64 bits per heavy atom. The van der Waals surface area contributed by atoms with Crippen molar-refractivity contribution in [2.45, 2.75) is 46.1 Å². The zero-order chi connectivity index (χ0) is 16.6. The molecule has 1 atom stereocenters. The van der Waals surface area contributed by atoms with Gasteiger partial charge in [-0.1, -0.05) is 6.92 Å². The molecular weight excluding hydrogens is 278 g/mol. The normalized spacial score (nSPS) is 20.6. The van der Waals surface area contributed by atoms with Gasteiger partial charge >= 0.3 is 0 Å². The molecule has 1 aliphatic heterocycles. The standard InChI is InChI=1S/C16H33N5O/c1-13-7-6-9-21(12-13)10-8-18-15(17-5)19-11-14(22)20-16(2,3)4/h13H,6-12H2,1-5H3,(H,20,22)(H2,17,18,19). The zero-order valence-electron chi connectivity index (χ0n) is 14.8. The van der Waals surface area contributed by atoms with Crippen LogP contribution in [0.1, 0.15) is 40.5 Å². The van der Waals surface area contributed by atoms with E-state index in [-0.39, 0.29) is 18.0 Å². The number of nitrogens with one attached hydrogen (secondary N) is 3. The second-order valence-electron chi connectivity index (χ2n) is 7.20. The maximum absolute atomic E-state index is 11.8. The van der Waals surface area contributed by atoms with Crippen LogP contribution in [0.3, 0.4) is 0 Å². The molecule has 128 valence electrons. The van der Waals surface area contributed by atoms with E-state index >= 15 is 0 Å². The molecule has 3 N–H and O–H groups in total. The van der Waals surface area contributed by atoms with Gasteiger partial charge in [-0.2, -0.15) is 0 Å². The average Bonchev–Trinajstić information content (AvgIpc) is 2.40. The SMILES string of the molecule is CN=C(NCCN1CCCC(C)C1)NCC(=O)NC(C)(C)C. The molecule has 1 rings (SSSR count). The molecular formula is C16H33N5O. The van der Waals surface area contributed by atoms with Crippen LogP contribution in [0.2, 0.25) is 0 Å². The minimum absolute atomic E-state index is 0.0275. The van der Waals surface area contributed by atoms with Crippen LogP contribution in [-0.4, -0.2) is 62.1 Å². The molecule has 6 nitrogen and oxygen atoms in total. The number of aliphatic imine (C=N–C) groups is 1. The highest BCUT2D eigenvalue weighted by Crippen LogP contribution is 2.14. The summed E-state index contributed by atoms with van der Waals surface area (Å²) < 4.78 is 0. The van der Waals surface area contributed by atoms with Gasteiger partial charge in [-0.15, -0.1) is 0 Å². The first-order chi connectivity index (χ1) is 10.3. The van der Waals surface area contributed by atoms with Crippen LogP contribution in [0, 0.1) is 5.92 Å². The van der Waals surface area contributed by atoms with Gasteiger partial charge in [0, 0.05) is 32.2 Å². The summed E-state index contributed by atoms with van der Waals surface area (Å²) in [6.07, 6.45) is 2.64. The van der Waals surface area contributed by atoms with Gasteiger partial charge in [0.05, 0.1) is 6.54 Å². The molecule has 0 radical (unpaired) electrons. The van der Waals surface area contributed by atoms with Gasteiger partial charge < -0.3 is 20.9 Å². The highest BCUT2D eigenvalue weighted by molar-refractivity contribution is 5.86. The number of rotatable bonds is 5. The minimum atomic E-state index is -0.208. The molecule has 0 aromatic carbocycles. The number of amides is 1. The Kier molecular flexibility index (Phi) is 7.65. The van der Waals surface area contributed by atoms with E-state index in [4.69, 9.17) is 0 Å². The van der Waals surface area contributed by atoms with E-state index in [1.165, 1.54) is 25.9 Å². The first kappa shape index (κ1) is 18.7. The van der Waals surface area contributed by atoms with Crippen LogP contribution in [0.25, 0.3) is 0 Å². The van der Waals surface area contributed by atoms with E-state index in [2.05, 4.69) is 32.8 Å². The van der Waals surface area contributed by atoms with E-state index < -0.39 is 0 Å². The molecule has 1 unspecified atom stereocenters. The lowest BCUT2D eigenvalue weighted by Crippen LogP contribution is -2.49. The van der Waals surface area contributed by atoms with Gasteiger partial charge in [0.2, 0.25) is 5.91 Å². The number of carbonyl (C=O) groups excluding carboxylic acids is 1. The van der Waals surface area contributed by atoms with Crippen LogP contribution in [0.5, 0.6) is 0 Å². The molecule has 0 spiro atoms. The van der Waals surface area contributed by atoms with Crippen molar-refractivity contribution in [1.82, 2.24) is 20.9 Å². The van der Waals surface area contributed by atoms with Crippen molar-refractivity contribution in [2.24, 2.45) is 10.9 Å². The zero-order valence-corrected chi connectivity index (χ0v) is 14.8.